The first-order chi connectivity index (χ1) is 8.33. The lowest BCUT2D eigenvalue weighted by Gasteiger charge is -2.06. The van der Waals surface area contributed by atoms with Gasteiger partial charge in [-0.25, -0.2) is 0 Å². The molecule has 0 fully saturated rings. The Bertz CT molecular complexity index is 297. The van der Waals surface area contributed by atoms with Crippen molar-refractivity contribution in [3.8, 4) is 0 Å². The summed E-state index contributed by atoms with van der Waals surface area (Å²) in [5.41, 5.74) is 2.81. The third-order valence-electron chi connectivity index (χ3n) is 2.81. The zero-order valence-electron chi connectivity index (χ0n) is 11.3. The Labute approximate surface area is 106 Å². The molecule has 0 amide bonds. The fourth-order valence-electron chi connectivity index (χ4n) is 1.89. The summed E-state index contributed by atoms with van der Waals surface area (Å²) in [6, 6.07) is 8.80. The van der Waals surface area contributed by atoms with Crippen molar-refractivity contribution < 1.29 is 0 Å². The SMILES string of the molecule is CCCNCCNCCCc1cccc(C)c1. The third-order valence-corrected chi connectivity index (χ3v) is 2.81. The summed E-state index contributed by atoms with van der Waals surface area (Å²) in [7, 11) is 0. The van der Waals surface area contributed by atoms with Crippen molar-refractivity contribution in [1.29, 1.82) is 0 Å². The predicted octanol–water partition coefficient (Wildman–Crippen LogP) is 2.52. The third kappa shape index (κ3) is 7.14. The molecule has 96 valence electrons. The van der Waals surface area contributed by atoms with Gasteiger partial charge in [-0.15, -0.1) is 0 Å². The Kier molecular flexibility index (Phi) is 7.69. The van der Waals surface area contributed by atoms with Crippen LogP contribution in [0.5, 0.6) is 0 Å². The Hall–Kier alpha value is -0.860. The maximum atomic E-state index is 3.47. The molecule has 0 heterocycles. The molecule has 0 spiro atoms. The number of rotatable bonds is 9. The summed E-state index contributed by atoms with van der Waals surface area (Å²) >= 11 is 0. The van der Waals surface area contributed by atoms with Crippen LogP contribution in [-0.4, -0.2) is 26.2 Å². The van der Waals surface area contributed by atoms with Gasteiger partial charge < -0.3 is 10.6 Å². The van der Waals surface area contributed by atoms with Gasteiger partial charge in [0, 0.05) is 13.1 Å². The van der Waals surface area contributed by atoms with Gasteiger partial charge in [0.05, 0.1) is 0 Å². The van der Waals surface area contributed by atoms with Gasteiger partial charge >= 0.3 is 0 Å². The van der Waals surface area contributed by atoms with E-state index in [-0.39, 0.29) is 0 Å². The van der Waals surface area contributed by atoms with Crippen molar-refractivity contribution in [2.75, 3.05) is 26.2 Å². The van der Waals surface area contributed by atoms with E-state index in [1.54, 1.807) is 0 Å². The van der Waals surface area contributed by atoms with Crippen LogP contribution in [0.4, 0.5) is 0 Å². The normalized spacial score (nSPS) is 10.7. The lowest BCUT2D eigenvalue weighted by Crippen LogP contribution is -2.28. The van der Waals surface area contributed by atoms with Gasteiger partial charge in [-0.3, -0.25) is 0 Å². The summed E-state index contributed by atoms with van der Waals surface area (Å²) in [5, 5.41) is 6.86. The van der Waals surface area contributed by atoms with Crippen LogP contribution in [-0.2, 0) is 6.42 Å². The van der Waals surface area contributed by atoms with E-state index in [9.17, 15) is 0 Å². The molecule has 0 aliphatic carbocycles. The Morgan fingerprint density at radius 2 is 1.76 bits per heavy atom. The topological polar surface area (TPSA) is 24.1 Å². The van der Waals surface area contributed by atoms with Crippen LogP contribution in [0.25, 0.3) is 0 Å². The lowest BCUT2D eigenvalue weighted by atomic mass is 10.1. The fraction of sp³-hybridized carbons (Fsp3) is 0.600. The second-order valence-electron chi connectivity index (χ2n) is 4.59. The van der Waals surface area contributed by atoms with Crippen LogP contribution >= 0.6 is 0 Å². The van der Waals surface area contributed by atoms with E-state index >= 15 is 0 Å². The summed E-state index contributed by atoms with van der Waals surface area (Å²) in [6.45, 7) is 8.75. The highest BCUT2D eigenvalue weighted by molar-refractivity contribution is 5.22. The molecule has 17 heavy (non-hydrogen) atoms. The molecule has 1 rings (SSSR count). The van der Waals surface area contributed by atoms with Gasteiger partial charge in [0.15, 0.2) is 0 Å². The average Bonchev–Trinajstić information content (AvgIpc) is 2.33. The van der Waals surface area contributed by atoms with Crippen molar-refractivity contribution >= 4 is 0 Å². The maximum absolute atomic E-state index is 3.47. The molecular formula is C15H26N2. The second-order valence-corrected chi connectivity index (χ2v) is 4.59. The molecule has 0 unspecified atom stereocenters. The Balaban J connectivity index is 1.97. The standard InChI is InChI=1S/C15H26N2/c1-3-9-16-11-12-17-10-5-8-15-7-4-6-14(2)13-15/h4,6-7,13,16-17H,3,5,8-12H2,1-2H3. The Morgan fingerprint density at radius 1 is 1.00 bits per heavy atom. The van der Waals surface area contributed by atoms with E-state index in [2.05, 4.69) is 48.7 Å². The zero-order valence-corrected chi connectivity index (χ0v) is 11.3. The number of hydrogen-bond donors (Lipinski definition) is 2. The van der Waals surface area contributed by atoms with Gasteiger partial charge in [-0.2, -0.15) is 0 Å². The number of aryl methyl sites for hydroxylation is 2. The first kappa shape index (κ1) is 14.2. The summed E-state index contributed by atoms with van der Waals surface area (Å²) in [4.78, 5) is 0. The van der Waals surface area contributed by atoms with Crippen molar-refractivity contribution in [2.45, 2.75) is 33.1 Å². The van der Waals surface area contributed by atoms with E-state index in [1.807, 2.05) is 0 Å². The van der Waals surface area contributed by atoms with Crippen LogP contribution in [0.15, 0.2) is 24.3 Å². The molecule has 0 radical (unpaired) electrons. The van der Waals surface area contributed by atoms with E-state index < -0.39 is 0 Å². The number of hydrogen-bond acceptors (Lipinski definition) is 2. The van der Waals surface area contributed by atoms with Crippen LogP contribution in [0, 0.1) is 6.92 Å². The van der Waals surface area contributed by atoms with Gasteiger partial charge in [0.2, 0.25) is 0 Å². The molecule has 2 nitrogen and oxygen atoms in total. The molecule has 0 aromatic heterocycles. The minimum atomic E-state index is 1.08. The molecule has 1 aromatic carbocycles. The quantitative estimate of drug-likeness (QED) is 0.642. The maximum Gasteiger partial charge on any atom is 0.00767 e. The van der Waals surface area contributed by atoms with Crippen LogP contribution < -0.4 is 10.6 Å². The number of benzene rings is 1. The van der Waals surface area contributed by atoms with Crippen molar-refractivity contribution in [3.05, 3.63) is 35.4 Å². The minimum Gasteiger partial charge on any atom is -0.315 e. The number of nitrogens with one attached hydrogen (secondary N) is 2. The molecule has 0 bridgehead atoms. The first-order valence-electron chi connectivity index (χ1n) is 6.80. The van der Waals surface area contributed by atoms with Crippen molar-refractivity contribution in [3.63, 3.8) is 0 Å². The average molecular weight is 234 g/mol. The summed E-state index contributed by atoms with van der Waals surface area (Å²) in [6.07, 6.45) is 3.61. The second kappa shape index (κ2) is 9.20. The van der Waals surface area contributed by atoms with Gasteiger partial charge in [0.25, 0.3) is 0 Å². The van der Waals surface area contributed by atoms with Crippen molar-refractivity contribution in [2.24, 2.45) is 0 Å². The highest BCUT2D eigenvalue weighted by Gasteiger charge is 1.93. The summed E-state index contributed by atoms with van der Waals surface area (Å²) in [5.74, 6) is 0. The molecular weight excluding hydrogens is 208 g/mol. The molecule has 2 heteroatoms. The van der Waals surface area contributed by atoms with Crippen LogP contribution in [0.2, 0.25) is 0 Å². The first-order valence-corrected chi connectivity index (χ1v) is 6.80. The van der Waals surface area contributed by atoms with E-state index in [4.69, 9.17) is 0 Å². The smallest absolute Gasteiger partial charge is 0.00767 e. The highest BCUT2D eigenvalue weighted by Crippen LogP contribution is 2.05. The zero-order chi connectivity index (χ0) is 12.3. The van der Waals surface area contributed by atoms with Crippen molar-refractivity contribution in [1.82, 2.24) is 10.6 Å². The molecule has 1 aromatic rings. The van der Waals surface area contributed by atoms with Gasteiger partial charge in [-0.05, 0) is 44.8 Å². The predicted molar refractivity (Wildman–Crippen MR) is 75.5 cm³/mol. The fourth-order valence-corrected chi connectivity index (χ4v) is 1.89. The van der Waals surface area contributed by atoms with Crippen LogP contribution in [0.1, 0.15) is 30.9 Å². The molecule has 2 N–H and O–H groups in total. The molecule has 0 aliphatic heterocycles. The highest BCUT2D eigenvalue weighted by atomic mass is 14.9. The van der Waals surface area contributed by atoms with Gasteiger partial charge in [0.1, 0.15) is 0 Å². The molecule has 0 saturated heterocycles. The van der Waals surface area contributed by atoms with E-state index in [1.165, 1.54) is 30.4 Å². The van der Waals surface area contributed by atoms with E-state index in [0.717, 1.165) is 26.2 Å². The minimum absolute atomic E-state index is 1.08. The van der Waals surface area contributed by atoms with Gasteiger partial charge in [-0.1, -0.05) is 36.8 Å². The largest absolute Gasteiger partial charge is 0.315 e. The Morgan fingerprint density at radius 3 is 2.47 bits per heavy atom. The molecule has 0 aliphatic rings. The molecule has 0 saturated carbocycles. The summed E-state index contributed by atoms with van der Waals surface area (Å²) < 4.78 is 0. The molecule has 0 atom stereocenters. The lowest BCUT2D eigenvalue weighted by molar-refractivity contribution is 0.593. The van der Waals surface area contributed by atoms with E-state index in [0.29, 0.717) is 0 Å². The monoisotopic (exact) mass is 234 g/mol. The van der Waals surface area contributed by atoms with Crippen LogP contribution in [0.3, 0.4) is 0 Å².